The highest BCUT2D eigenvalue weighted by Gasteiger charge is 2.20. The van der Waals surface area contributed by atoms with E-state index in [2.05, 4.69) is 43.5 Å². The van der Waals surface area contributed by atoms with Gasteiger partial charge in [-0.2, -0.15) is 0 Å². The summed E-state index contributed by atoms with van der Waals surface area (Å²) in [5, 5.41) is 23.2. The van der Waals surface area contributed by atoms with Crippen molar-refractivity contribution >= 4 is 11.9 Å². The van der Waals surface area contributed by atoms with E-state index in [1.165, 1.54) is 218 Å². The predicted octanol–water partition coefficient (Wildman–Crippen LogP) is 18.2. The first-order chi connectivity index (χ1) is 32.5. The van der Waals surface area contributed by atoms with E-state index in [1.807, 2.05) is 0 Å². The number of aliphatic hydroxyl groups is 2. The van der Waals surface area contributed by atoms with Gasteiger partial charge in [0, 0.05) is 12.8 Å². The van der Waals surface area contributed by atoms with Crippen LogP contribution in [-0.2, 0) is 14.3 Å². The fourth-order valence-corrected chi connectivity index (χ4v) is 9.22. The number of unbranched alkanes of at least 4 members (excludes halogenated alkanes) is 41. The molecule has 6 heteroatoms. The van der Waals surface area contributed by atoms with Crippen molar-refractivity contribution in [2.75, 3.05) is 13.2 Å². The molecule has 3 N–H and O–H groups in total. The summed E-state index contributed by atoms with van der Waals surface area (Å²) in [5.41, 5.74) is 0. The Balaban J connectivity index is 3.43. The van der Waals surface area contributed by atoms with Gasteiger partial charge in [-0.1, -0.05) is 276 Å². The van der Waals surface area contributed by atoms with Gasteiger partial charge >= 0.3 is 5.97 Å². The Morgan fingerprint density at radius 3 is 1.12 bits per heavy atom. The third-order valence-electron chi connectivity index (χ3n) is 13.8. The highest BCUT2D eigenvalue weighted by atomic mass is 16.5. The first-order valence-electron chi connectivity index (χ1n) is 29.6. The molecule has 0 aliphatic rings. The molecule has 0 aromatic carbocycles. The molecule has 0 fully saturated rings. The van der Waals surface area contributed by atoms with E-state index in [1.54, 1.807) is 0 Å². The maximum atomic E-state index is 12.4. The summed E-state index contributed by atoms with van der Waals surface area (Å²) >= 11 is 0. The van der Waals surface area contributed by atoms with Crippen LogP contribution in [0.2, 0.25) is 0 Å². The van der Waals surface area contributed by atoms with Crippen molar-refractivity contribution in [2.45, 2.75) is 334 Å². The summed E-state index contributed by atoms with van der Waals surface area (Å²) in [6, 6.07) is -0.547. The van der Waals surface area contributed by atoms with Gasteiger partial charge in [0.2, 0.25) is 5.91 Å². The smallest absolute Gasteiger partial charge is 0.305 e. The number of hydrogen-bond acceptors (Lipinski definition) is 5. The molecule has 2 unspecified atom stereocenters. The van der Waals surface area contributed by atoms with Crippen LogP contribution in [0.3, 0.4) is 0 Å². The zero-order valence-electron chi connectivity index (χ0n) is 44.4. The number of amides is 1. The number of esters is 1. The SMILES string of the molecule is CCCCCCCCCCCCCCCCCCCCCC(=O)OCCCCC/C=C\C=C/CCCCCCCCCCCCC(=O)NC(CO)C(O)CCCCCCCCCCCCC. The zero-order chi connectivity index (χ0) is 47.9. The molecule has 0 rings (SSSR count). The average molecular weight is 931 g/mol. The van der Waals surface area contributed by atoms with Gasteiger partial charge in [-0.15, -0.1) is 0 Å². The number of nitrogens with one attached hydrogen (secondary N) is 1. The Morgan fingerprint density at radius 1 is 0.424 bits per heavy atom. The van der Waals surface area contributed by atoms with Crippen molar-refractivity contribution < 1.29 is 24.5 Å². The van der Waals surface area contributed by atoms with Crippen LogP contribution >= 0.6 is 0 Å². The summed E-state index contributed by atoms with van der Waals surface area (Å²) in [6.07, 6.45) is 67.5. The van der Waals surface area contributed by atoms with Crippen LogP contribution < -0.4 is 5.32 Å². The van der Waals surface area contributed by atoms with Crippen molar-refractivity contribution in [1.82, 2.24) is 5.32 Å². The summed E-state index contributed by atoms with van der Waals surface area (Å²) < 4.78 is 5.47. The van der Waals surface area contributed by atoms with E-state index < -0.39 is 12.1 Å². The Labute approximate surface area is 411 Å². The van der Waals surface area contributed by atoms with Crippen LogP contribution in [0.15, 0.2) is 24.3 Å². The van der Waals surface area contributed by atoms with Crippen molar-refractivity contribution in [3.63, 3.8) is 0 Å². The number of carbonyl (C=O) groups is 2. The lowest BCUT2D eigenvalue weighted by Gasteiger charge is -2.22. The number of aliphatic hydroxyl groups excluding tert-OH is 2. The normalized spacial score (nSPS) is 12.7. The standard InChI is InChI=1S/C60H115NO5/c1-3-5-7-9-11-13-15-16-17-18-20-24-27-30-34-38-42-46-50-54-60(65)66-55-51-47-43-39-35-31-28-25-22-19-21-23-26-29-33-37-41-45-49-53-59(64)61-57(56-62)58(63)52-48-44-40-36-32-14-12-10-8-6-4-2/h25,28,31,35,57-58,62-63H,3-24,26-27,29-30,32-34,36-56H2,1-2H3,(H,61,64)/b28-25-,35-31-. The number of rotatable bonds is 55. The highest BCUT2D eigenvalue weighted by Crippen LogP contribution is 2.17. The summed E-state index contributed by atoms with van der Waals surface area (Å²) in [4.78, 5) is 24.5. The quantitative estimate of drug-likeness (QED) is 0.0321. The molecule has 0 heterocycles. The van der Waals surface area contributed by atoms with Crippen LogP contribution in [0.1, 0.15) is 322 Å². The van der Waals surface area contributed by atoms with Gasteiger partial charge in [0.1, 0.15) is 0 Å². The van der Waals surface area contributed by atoms with Crippen LogP contribution in [0, 0.1) is 0 Å². The molecule has 1 amide bonds. The van der Waals surface area contributed by atoms with Gasteiger partial charge in [0.05, 0.1) is 25.4 Å². The fraction of sp³-hybridized carbons (Fsp3) is 0.900. The van der Waals surface area contributed by atoms with Crippen molar-refractivity contribution in [1.29, 1.82) is 0 Å². The van der Waals surface area contributed by atoms with Crippen molar-refractivity contribution in [3.8, 4) is 0 Å². The number of carbonyl (C=O) groups excluding carboxylic acids is 2. The lowest BCUT2D eigenvalue weighted by atomic mass is 10.0. The van der Waals surface area contributed by atoms with E-state index in [-0.39, 0.29) is 18.5 Å². The second kappa shape index (κ2) is 55.9. The van der Waals surface area contributed by atoms with Crippen LogP contribution in [0.4, 0.5) is 0 Å². The van der Waals surface area contributed by atoms with Gasteiger partial charge in [-0.05, 0) is 57.8 Å². The average Bonchev–Trinajstić information content (AvgIpc) is 3.32. The molecule has 0 aliphatic heterocycles. The fourth-order valence-electron chi connectivity index (χ4n) is 9.22. The second-order valence-corrected chi connectivity index (χ2v) is 20.4. The molecule has 0 radical (unpaired) electrons. The van der Waals surface area contributed by atoms with Crippen LogP contribution in [0.5, 0.6) is 0 Å². The van der Waals surface area contributed by atoms with Crippen LogP contribution in [0.25, 0.3) is 0 Å². The molecular formula is C60H115NO5. The summed E-state index contributed by atoms with van der Waals surface area (Å²) in [7, 11) is 0. The van der Waals surface area contributed by atoms with E-state index >= 15 is 0 Å². The highest BCUT2D eigenvalue weighted by molar-refractivity contribution is 5.76. The number of allylic oxidation sites excluding steroid dienone is 4. The largest absolute Gasteiger partial charge is 0.466 e. The zero-order valence-corrected chi connectivity index (χ0v) is 44.4. The van der Waals surface area contributed by atoms with Gasteiger partial charge in [0.15, 0.2) is 0 Å². The summed E-state index contributed by atoms with van der Waals surface area (Å²) in [6.45, 7) is 4.92. The van der Waals surface area contributed by atoms with E-state index in [0.717, 1.165) is 70.6 Å². The van der Waals surface area contributed by atoms with E-state index in [0.29, 0.717) is 25.9 Å². The minimum Gasteiger partial charge on any atom is -0.466 e. The third-order valence-corrected chi connectivity index (χ3v) is 13.8. The van der Waals surface area contributed by atoms with Crippen molar-refractivity contribution in [2.24, 2.45) is 0 Å². The second-order valence-electron chi connectivity index (χ2n) is 20.4. The molecule has 6 nitrogen and oxygen atoms in total. The summed E-state index contributed by atoms with van der Waals surface area (Å²) in [5.74, 6) is -0.0537. The van der Waals surface area contributed by atoms with E-state index in [4.69, 9.17) is 4.74 Å². The topological polar surface area (TPSA) is 95.9 Å². The lowest BCUT2D eigenvalue weighted by Crippen LogP contribution is -2.45. The molecule has 0 aromatic rings. The number of hydrogen-bond donors (Lipinski definition) is 3. The molecule has 2 atom stereocenters. The van der Waals surface area contributed by atoms with Crippen molar-refractivity contribution in [3.05, 3.63) is 24.3 Å². The molecule has 0 saturated heterocycles. The Hall–Kier alpha value is -1.66. The lowest BCUT2D eigenvalue weighted by molar-refractivity contribution is -0.143. The predicted molar refractivity (Wildman–Crippen MR) is 287 cm³/mol. The first-order valence-corrected chi connectivity index (χ1v) is 29.6. The molecule has 390 valence electrons. The monoisotopic (exact) mass is 930 g/mol. The van der Waals surface area contributed by atoms with Gasteiger partial charge in [0.25, 0.3) is 0 Å². The van der Waals surface area contributed by atoms with Gasteiger partial charge in [-0.3, -0.25) is 9.59 Å². The molecule has 0 aliphatic carbocycles. The van der Waals surface area contributed by atoms with E-state index in [9.17, 15) is 19.8 Å². The maximum absolute atomic E-state index is 12.4. The molecule has 0 spiro atoms. The Morgan fingerprint density at radius 2 is 0.742 bits per heavy atom. The molecule has 0 saturated carbocycles. The van der Waals surface area contributed by atoms with Gasteiger partial charge in [-0.25, -0.2) is 0 Å². The minimum absolute atomic E-state index is 0.00845. The Bertz CT molecular complexity index is 1030. The first kappa shape index (κ1) is 64.3. The molecule has 0 bridgehead atoms. The van der Waals surface area contributed by atoms with Gasteiger partial charge < -0.3 is 20.3 Å². The molecular weight excluding hydrogens is 815 g/mol. The minimum atomic E-state index is -0.669. The Kier molecular flexibility index (Phi) is 54.5. The third kappa shape index (κ3) is 51.7. The molecule has 66 heavy (non-hydrogen) atoms. The maximum Gasteiger partial charge on any atom is 0.305 e. The van der Waals surface area contributed by atoms with Crippen LogP contribution in [-0.4, -0.2) is 47.4 Å². The number of ether oxygens (including phenoxy) is 1. The molecule has 0 aromatic heterocycles.